The van der Waals surface area contributed by atoms with Crippen LogP contribution in [0.5, 0.6) is 0 Å². The number of nitrogens with zero attached hydrogens (tertiary/aromatic N) is 6. The van der Waals surface area contributed by atoms with E-state index >= 15 is 0 Å². The summed E-state index contributed by atoms with van der Waals surface area (Å²) in [5.74, 6) is 1.09. The van der Waals surface area contributed by atoms with Crippen molar-refractivity contribution in [2.45, 2.75) is 6.92 Å². The number of H-pyrrole nitrogens is 2. The molecule has 4 aromatic heterocycles. The van der Waals surface area contributed by atoms with Gasteiger partial charge in [0.15, 0.2) is 22.6 Å². The van der Waals surface area contributed by atoms with E-state index < -0.39 is 0 Å². The summed E-state index contributed by atoms with van der Waals surface area (Å²) >= 11 is 0. The minimum absolute atomic E-state index is 0.232. The Bertz CT molecular complexity index is 992. The molecule has 4 rings (SSSR count). The highest BCUT2D eigenvalue weighted by atomic mass is 15.1. The number of nitrogen functional groups attached to an aromatic ring is 1. The summed E-state index contributed by atoms with van der Waals surface area (Å²) in [7, 11) is 1.84. The van der Waals surface area contributed by atoms with E-state index in [1.165, 1.54) is 0 Å². The van der Waals surface area contributed by atoms with Crippen molar-refractivity contribution in [1.29, 1.82) is 5.41 Å². The van der Waals surface area contributed by atoms with Crippen LogP contribution in [0.1, 0.15) is 5.82 Å². The molecule has 0 saturated carbocycles. The van der Waals surface area contributed by atoms with Crippen molar-refractivity contribution in [2.24, 2.45) is 7.05 Å². The second kappa shape index (κ2) is 5.24. The van der Waals surface area contributed by atoms with Gasteiger partial charge in [0.05, 0.1) is 19.0 Å². The number of hydrogen-bond acceptors (Lipinski definition) is 7. The van der Waals surface area contributed by atoms with E-state index in [9.17, 15) is 0 Å². The monoisotopic (exact) mass is 298 g/mol. The Morgan fingerprint density at radius 2 is 1.82 bits per heavy atom. The number of anilines is 1. The predicted molar refractivity (Wildman–Crippen MR) is 79.5 cm³/mol. The lowest BCUT2D eigenvalue weighted by atomic mass is 10.5. The minimum atomic E-state index is 0.232. The van der Waals surface area contributed by atoms with Crippen LogP contribution in [0.3, 0.4) is 0 Å². The molecule has 0 saturated heterocycles. The van der Waals surface area contributed by atoms with Crippen LogP contribution in [-0.2, 0) is 7.05 Å². The number of hydrogen-bond donors (Lipinski definition) is 4. The number of aromatic nitrogens is 8. The number of rotatable bonds is 0. The molecule has 0 aliphatic rings. The number of fused-ring (bicyclic) bond motifs is 2. The maximum absolute atomic E-state index is 7.38. The van der Waals surface area contributed by atoms with Crippen molar-refractivity contribution in [3.63, 3.8) is 0 Å². The standard InChI is InChI=1S/2C6H7N5/c1-11-3-10-5(7)4-6(11)9-2-8-4;1-3-10-5(7)4-6(11-3)9-2-8-4/h2-3,7H,1H3,(H,8,9);2H,1H3,(H3,7,8,9,10,11). The molecule has 112 valence electrons. The zero-order valence-corrected chi connectivity index (χ0v) is 12.0. The molecule has 0 aromatic carbocycles. The van der Waals surface area contributed by atoms with Crippen molar-refractivity contribution in [2.75, 3.05) is 5.73 Å². The Labute approximate surface area is 124 Å². The summed E-state index contributed by atoms with van der Waals surface area (Å²) in [6.07, 6.45) is 4.69. The normalized spacial score (nSPS) is 10.6. The molecule has 10 heteroatoms. The maximum atomic E-state index is 7.38. The fraction of sp³-hybridized carbons (Fsp3) is 0.167. The summed E-state index contributed by atoms with van der Waals surface area (Å²) in [6.45, 7) is 1.78. The first-order valence-corrected chi connectivity index (χ1v) is 6.38. The zero-order valence-electron chi connectivity index (χ0n) is 12.0. The number of aromatic amines is 2. The van der Waals surface area contributed by atoms with Gasteiger partial charge in [-0.1, -0.05) is 0 Å². The fourth-order valence-electron chi connectivity index (χ4n) is 1.96. The smallest absolute Gasteiger partial charge is 0.183 e. The van der Waals surface area contributed by atoms with Gasteiger partial charge in [-0.2, -0.15) is 0 Å². The van der Waals surface area contributed by atoms with Gasteiger partial charge in [-0.3, -0.25) is 5.41 Å². The highest BCUT2D eigenvalue weighted by Gasteiger charge is 2.02. The van der Waals surface area contributed by atoms with E-state index in [0.717, 1.165) is 5.65 Å². The van der Waals surface area contributed by atoms with Crippen LogP contribution in [0.25, 0.3) is 22.3 Å². The lowest BCUT2D eigenvalue weighted by molar-refractivity contribution is 0.876. The molecule has 4 aromatic rings. The molecular formula is C12H14N10. The van der Waals surface area contributed by atoms with Crippen LogP contribution < -0.4 is 11.2 Å². The van der Waals surface area contributed by atoms with Gasteiger partial charge in [0.1, 0.15) is 16.9 Å². The van der Waals surface area contributed by atoms with Gasteiger partial charge in [0.2, 0.25) is 0 Å². The van der Waals surface area contributed by atoms with Crippen LogP contribution in [-0.4, -0.2) is 39.5 Å². The van der Waals surface area contributed by atoms with E-state index in [1.54, 1.807) is 30.5 Å². The topological polar surface area (TPSA) is 151 Å². The SMILES string of the molecule is Cc1nc(N)c2[nH]cnc2n1.Cn1cnc(=N)c2[nH]cnc21. The molecule has 0 bridgehead atoms. The molecular weight excluding hydrogens is 284 g/mol. The summed E-state index contributed by atoms with van der Waals surface area (Å²) in [4.78, 5) is 25.6. The number of nitrogens with one attached hydrogen (secondary N) is 3. The van der Waals surface area contributed by atoms with Crippen molar-refractivity contribution in [3.05, 3.63) is 30.3 Å². The van der Waals surface area contributed by atoms with Gasteiger partial charge in [0, 0.05) is 7.05 Å². The minimum Gasteiger partial charge on any atom is -0.382 e. The van der Waals surface area contributed by atoms with E-state index in [4.69, 9.17) is 11.1 Å². The first-order chi connectivity index (χ1) is 10.6. The second-order valence-corrected chi connectivity index (χ2v) is 4.56. The number of aryl methyl sites for hydroxylation is 2. The Balaban J connectivity index is 0.000000131. The highest BCUT2D eigenvalue weighted by Crippen LogP contribution is 2.11. The molecule has 4 heterocycles. The molecule has 0 unspecified atom stereocenters. The van der Waals surface area contributed by atoms with Crippen LogP contribution >= 0.6 is 0 Å². The van der Waals surface area contributed by atoms with Crippen LogP contribution in [0.2, 0.25) is 0 Å². The quantitative estimate of drug-likeness (QED) is 0.359. The van der Waals surface area contributed by atoms with Gasteiger partial charge in [-0.05, 0) is 6.92 Å². The molecule has 0 amide bonds. The van der Waals surface area contributed by atoms with Crippen molar-refractivity contribution in [3.8, 4) is 0 Å². The summed E-state index contributed by atoms with van der Waals surface area (Å²) in [5.41, 5.74) is 8.57. The summed E-state index contributed by atoms with van der Waals surface area (Å²) < 4.78 is 1.77. The van der Waals surface area contributed by atoms with Gasteiger partial charge < -0.3 is 20.3 Å². The molecule has 0 aliphatic heterocycles. The third-order valence-corrected chi connectivity index (χ3v) is 2.98. The third kappa shape index (κ3) is 2.37. The highest BCUT2D eigenvalue weighted by molar-refractivity contribution is 5.80. The molecule has 0 aliphatic carbocycles. The molecule has 22 heavy (non-hydrogen) atoms. The van der Waals surface area contributed by atoms with Crippen LogP contribution in [0.15, 0.2) is 19.0 Å². The van der Waals surface area contributed by atoms with E-state index in [1.807, 2.05) is 7.05 Å². The number of imidazole rings is 2. The van der Waals surface area contributed by atoms with Gasteiger partial charge in [-0.25, -0.2) is 24.9 Å². The lowest BCUT2D eigenvalue weighted by Gasteiger charge is -1.95. The third-order valence-electron chi connectivity index (χ3n) is 2.98. The summed E-state index contributed by atoms with van der Waals surface area (Å²) in [5, 5.41) is 7.38. The lowest BCUT2D eigenvalue weighted by Crippen LogP contribution is -2.10. The molecule has 0 fully saturated rings. The van der Waals surface area contributed by atoms with Gasteiger partial charge in [-0.15, -0.1) is 0 Å². The van der Waals surface area contributed by atoms with Gasteiger partial charge in [0.25, 0.3) is 0 Å². The van der Waals surface area contributed by atoms with Crippen LogP contribution in [0, 0.1) is 12.3 Å². The van der Waals surface area contributed by atoms with Gasteiger partial charge >= 0.3 is 0 Å². The summed E-state index contributed by atoms with van der Waals surface area (Å²) in [6, 6.07) is 0. The second-order valence-electron chi connectivity index (χ2n) is 4.56. The molecule has 10 nitrogen and oxygen atoms in total. The molecule has 5 N–H and O–H groups in total. The average Bonchev–Trinajstić information content (AvgIpc) is 3.12. The van der Waals surface area contributed by atoms with E-state index in [-0.39, 0.29) is 5.49 Å². The van der Waals surface area contributed by atoms with E-state index in [2.05, 4.69) is 34.9 Å². The molecule has 0 atom stereocenters. The Morgan fingerprint density at radius 3 is 2.59 bits per heavy atom. The Kier molecular flexibility index (Phi) is 3.26. The Hall–Kier alpha value is -3.30. The van der Waals surface area contributed by atoms with Crippen molar-refractivity contribution < 1.29 is 0 Å². The predicted octanol–water partition coefficient (Wildman–Crippen LogP) is 0.0194. The Morgan fingerprint density at radius 1 is 1.09 bits per heavy atom. The molecule has 0 spiro atoms. The van der Waals surface area contributed by atoms with E-state index in [0.29, 0.717) is 28.3 Å². The molecule has 0 radical (unpaired) electrons. The first kappa shape index (κ1) is 13.7. The largest absolute Gasteiger partial charge is 0.382 e. The first-order valence-electron chi connectivity index (χ1n) is 6.38. The average molecular weight is 298 g/mol. The van der Waals surface area contributed by atoms with Crippen LogP contribution in [0.4, 0.5) is 5.82 Å². The zero-order chi connectivity index (χ0) is 15.7. The fourth-order valence-corrected chi connectivity index (χ4v) is 1.96. The van der Waals surface area contributed by atoms with Crippen molar-refractivity contribution >= 4 is 28.1 Å². The maximum Gasteiger partial charge on any atom is 0.183 e. The van der Waals surface area contributed by atoms with Crippen molar-refractivity contribution in [1.82, 2.24) is 39.5 Å². The number of nitrogens with two attached hydrogens (primary N) is 1.